The van der Waals surface area contributed by atoms with Gasteiger partial charge in [-0.1, -0.05) is 13.2 Å². The van der Waals surface area contributed by atoms with Gasteiger partial charge >= 0.3 is 11.9 Å². The molecule has 1 atom stereocenters. The summed E-state index contributed by atoms with van der Waals surface area (Å²) in [6.45, 7) is 16.2. The Bertz CT molecular complexity index is 295. The van der Waals surface area contributed by atoms with Crippen molar-refractivity contribution in [3.63, 3.8) is 0 Å². The molecule has 0 aliphatic carbocycles. The van der Waals surface area contributed by atoms with Gasteiger partial charge in [0.2, 0.25) is 0 Å². The van der Waals surface area contributed by atoms with Gasteiger partial charge in [0.1, 0.15) is 0 Å². The molecule has 0 amide bonds. The molecule has 0 aromatic rings. The van der Waals surface area contributed by atoms with Crippen LogP contribution in [0.3, 0.4) is 0 Å². The van der Waals surface area contributed by atoms with Gasteiger partial charge in [0.25, 0.3) is 0 Å². The maximum atomic E-state index is 9.60. The molecule has 22 heavy (non-hydrogen) atoms. The van der Waals surface area contributed by atoms with Gasteiger partial charge in [-0.25, -0.2) is 9.59 Å². The topological polar surface area (TPSA) is 112 Å². The third-order valence-electron chi connectivity index (χ3n) is 1.64. The molecule has 3 rings (SSSR count). The molecule has 0 aromatic carbocycles. The molecule has 7 heteroatoms. The number of rotatable bonds is 2. The summed E-state index contributed by atoms with van der Waals surface area (Å²) in [5.41, 5.74) is 0.352. The fourth-order valence-corrected chi connectivity index (χ4v) is 0.0962. The van der Waals surface area contributed by atoms with Crippen LogP contribution in [-0.2, 0) is 23.8 Å². The van der Waals surface area contributed by atoms with E-state index in [2.05, 4.69) is 29.6 Å². The maximum absolute atomic E-state index is 9.60. The average molecular weight is 318 g/mol. The number of carboxylic acids is 2. The van der Waals surface area contributed by atoms with Crippen LogP contribution in [0.25, 0.3) is 0 Å². The van der Waals surface area contributed by atoms with Crippen LogP contribution in [0.5, 0.6) is 0 Å². The summed E-state index contributed by atoms with van der Waals surface area (Å²) in [4.78, 5) is 19.2. The highest BCUT2D eigenvalue weighted by atomic mass is 16.6. The monoisotopic (exact) mass is 318 g/mol. The Labute approximate surface area is 131 Å². The van der Waals surface area contributed by atoms with Gasteiger partial charge in [-0.3, -0.25) is 0 Å². The van der Waals surface area contributed by atoms with Crippen molar-refractivity contribution in [1.29, 1.82) is 0 Å². The van der Waals surface area contributed by atoms with Gasteiger partial charge in [0.15, 0.2) is 0 Å². The van der Waals surface area contributed by atoms with Crippen molar-refractivity contribution >= 4 is 11.9 Å². The molecule has 0 spiro atoms. The molecule has 128 valence electrons. The lowest BCUT2D eigenvalue weighted by Gasteiger charge is -1.79. The third-order valence-corrected chi connectivity index (χ3v) is 1.64. The van der Waals surface area contributed by atoms with Crippen LogP contribution < -0.4 is 0 Å². The first-order valence-corrected chi connectivity index (χ1v) is 6.73. The van der Waals surface area contributed by atoms with E-state index in [9.17, 15) is 9.59 Å². The zero-order valence-electron chi connectivity index (χ0n) is 13.5. The molecule has 3 aliphatic rings. The summed E-state index contributed by atoms with van der Waals surface area (Å²) in [5, 5.41) is 15.8. The largest absolute Gasteiger partial charge is 0.478 e. The smallest absolute Gasteiger partial charge is 0.330 e. The predicted octanol–water partition coefficient (Wildman–Crippen LogP) is 1.73. The second kappa shape index (κ2) is 14.2. The Hall–Kier alpha value is -1.70. The molecule has 3 fully saturated rings. The Kier molecular flexibility index (Phi) is 14.6. The molecule has 1 unspecified atom stereocenters. The number of ether oxygens (including phenoxy) is 3. The van der Waals surface area contributed by atoms with E-state index in [0.717, 1.165) is 33.0 Å². The van der Waals surface area contributed by atoms with Gasteiger partial charge in [0.05, 0.1) is 39.1 Å². The van der Waals surface area contributed by atoms with E-state index in [1.807, 2.05) is 0 Å². The van der Waals surface area contributed by atoms with E-state index in [1.54, 1.807) is 0 Å². The van der Waals surface area contributed by atoms with Crippen LogP contribution in [0.2, 0.25) is 0 Å². The van der Waals surface area contributed by atoms with E-state index >= 15 is 0 Å². The van der Waals surface area contributed by atoms with Crippen LogP contribution in [0.4, 0.5) is 0 Å². The lowest BCUT2D eigenvalue weighted by atomic mass is 10.4. The van der Waals surface area contributed by atoms with Gasteiger partial charge in [-0.2, -0.15) is 0 Å². The van der Waals surface area contributed by atoms with Crippen LogP contribution in [0.15, 0.2) is 24.3 Å². The van der Waals surface area contributed by atoms with Gasteiger partial charge in [0, 0.05) is 11.1 Å². The van der Waals surface area contributed by atoms with Crippen molar-refractivity contribution in [2.75, 3.05) is 33.0 Å². The van der Waals surface area contributed by atoms with Crippen LogP contribution in [0, 0.1) is 0 Å². The van der Waals surface area contributed by atoms with E-state index in [1.165, 1.54) is 13.8 Å². The Morgan fingerprint density at radius 1 is 0.909 bits per heavy atom. The highest BCUT2D eigenvalue weighted by molar-refractivity contribution is 5.85. The predicted molar refractivity (Wildman–Crippen MR) is 82.0 cm³/mol. The Balaban J connectivity index is 0. The number of carboxylic acid groups (broad SMARTS) is 2. The summed E-state index contributed by atoms with van der Waals surface area (Å²) in [7, 11) is 0. The van der Waals surface area contributed by atoms with Crippen molar-refractivity contribution < 1.29 is 34.0 Å². The number of epoxide rings is 3. The molecule has 3 saturated heterocycles. The van der Waals surface area contributed by atoms with Crippen molar-refractivity contribution in [1.82, 2.24) is 0 Å². The van der Waals surface area contributed by atoms with Gasteiger partial charge in [-0.15, -0.1) is 0 Å². The summed E-state index contributed by atoms with van der Waals surface area (Å²) in [6, 6.07) is 0. The lowest BCUT2D eigenvalue weighted by molar-refractivity contribution is -0.133. The first-order chi connectivity index (χ1) is 10.2. The van der Waals surface area contributed by atoms with E-state index in [4.69, 9.17) is 14.9 Å². The molecule has 0 saturated carbocycles. The van der Waals surface area contributed by atoms with Crippen LogP contribution >= 0.6 is 0 Å². The highest BCUT2D eigenvalue weighted by Crippen LogP contribution is 2.04. The average Bonchev–Trinajstić information content (AvgIpc) is 3.29. The Morgan fingerprint density at radius 3 is 1.05 bits per heavy atom. The summed E-state index contributed by atoms with van der Waals surface area (Å²) in [5.74, 6) is -1.87. The number of carbonyl (C=O) groups is 2. The van der Waals surface area contributed by atoms with Crippen molar-refractivity contribution in [2.45, 2.75) is 26.9 Å². The maximum Gasteiger partial charge on any atom is 0.330 e. The fraction of sp³-hybridized carbons (Fsp3) is 0.600. The first-order valence-electron chi connectivity index (χ1n) is 6.73. The number of hydrogen-bond acceptors (Lipinski definition) is 5. The first kappa shape index (κ1) is 22.6. The van der Waals surface area contributed by atoms with E-state index in [-0.39, 0.29) is 11.1 Å². The van der Waals surface area contributed by atoms with Gasteiger partial charge in [-0.05, 0) is 20.8 Å². The lowest BCUT2D eigenvalue weighted by Crippen LogP contribution is -1.92. The SMILES string of the molecule is C1CO1.C1CO1.C=C(C)C(=O)O.C=C(C)C(=O)O.CC1CO1. The van der Waals surface area contributed by atoms with E-state index in [0.29, 0.717) is 6.10 Å². The number of hydrogen-bond donors (Lipinski definition) is 2. The fourth-order valence-electron chi connectivity index (χ4n) is 0.0962. The minimum absolute atomic E-state index is 0.176. The molecular formula is C15H26O7. The molecule has 0 bridgehead atoms. The molecule has 0 aromatic heterocycles. The van der Waals surface area contributed by atoms with Crippen molar-refractivity contribution in [3.8, 4) is 0 Å². The third kappa shape index (κ3) is 42.9. The quantitative estimate of drug-likeness (QED) is 0.589. The molecule has 2 N–H and O–H groups in total. The Morgan fingerprint density at radius 2 is 1.05 bits per heavy atom. The zero-order chi connectivity index (χ0) is 17.5. The van der Waals surface area contributed by atoms with Gasteiger partial charge < -0.3 is 24.4 Å². The highest BCUT2D eigenvalue weighted by Gasteiger charge is 2.13. The van der Waals surface area contributed by atoms with E-state index < -0.39 is 11.9 Å². The number of aliphatic carboxylic acids is 2. The summed E-state index contributed by atoms with van der Waals surface area (Å²) in [6.07, 6.45) is 0.583. The summed E-state index contributed by atoms with van der Waals surface area (Å²) < 4.78 is 13.7. The zero-order valence-corrected chi connectivity index (χ0v) is 13.5. The minimum atomic E-state index is -0.935. The second-order valence-corrected chi connectivity index (χ2v) is 4.54. The molecule has 3 aliphatic heterocycles. The standard InChI is InChI=1S/2C4H6O2.C3H6O.2C2H4O/c2*1-3(2)4(5)6;1-3-2-4-3;2*1-2-3-1/h2*1H2,2H3,(H,5,6);3H,2H2,1H3;2*1-2H2. The molecule has 3 heterocycles. The van der Waals surface area contributed by atoms with Crippen molar-refractivity contribution in [2.24, 2.45) is 0 Å². The van der Waals surface area contributed by atoms with Crippen LogP contribution in [-0.4, -0.2) is 61.3 Å². The molecular weight excluding hydrogens is 292 g/mol. The molecule has 7 nitrogen and oxygen atoms in total. The second-order valence-electron chi connectivity index (χ2n) is 4.54. The van der Waals surface area contributed by atoms with Crippen LogP contribution in [0.1, 0.15) is 20.8 Å². The normalized spacial score (nSPS) is 17.9. The van der Waals surface area contributed by atoms with Crippen molar-refractivity contribution in [3.05, 3.63) is 24.3 Å². The minimum Gasteiger partial charge on any atom is -0.478 e. The molecule has 0 radical (unpaired) electrons. The summed E-state index contributed by atoms with van der Waals surface area (Å²) >= 11 is 0.